The highest BCUT2D eigenvalue weighted by atomic mass is 35.5. The van der Waals surface area contributed by atoms with Gasteiger partial charge in [0.1, 0.15) is 24.2 Å². The monoisotopic (exact) mass is 583 g/mol. The second kappa shape index (κ2) is 13.8. The molecule has 0 bridgehead atoms. The molecular weight excluding hydrogens is 538 g/mol. The Labute approximate surface area is 264 Å². The first-order valence-electron chi connectivity index (χ1n) is 19.0. The molecule has 2 aromatic heterocycles. The molecular formula is C32H32ClN5O3. The summed E-state index contributed by atoms with van der Waals surface area (Å²) in [7, 11) is 3.49. The zero-order chi connectivity index (χ0) is 41.5. The van der Waals surface area contributed by atoms with Crippen LogP contribution in [0, 0.1) is 18.3 Å². The van der Waals surface area contributed by atoms with E-state index in [1.807, 2.05) is 0 Å². The number of hydrogen-bond acceptors (Lipinski definition) is 8. The van der Waals surface area contributed by atoms with E-state index in [2.05, 4.69) is 15.3 Å². The first-order chi connectivity index (χ1) is 25.4. The molecule has 0 saturated carbocycles. The minimum Gasteiger partial charge on any atom is -0.494 e. The highest BCUT2D eigenvalue weighted by molar-refractivity contribution is 6.32. The summed E-state index contributed by atoms with van der Waals surface area (Å²) >= 11 is 6.46. The van der Waals surface area contributed by atoms with Gasteiger partial charge in [0.15, 0.2) is 5.78 Å². The maximum Gasteiger partial charge on any atom is 0.159 e. The van der Waals surface area contributed by atoms with Crippen molar-refractivity contribution in [3.63, 3.8) is 0 Å². The molecule has 8 nitrogen and oxygen atoms in total. The Morgan fingerprint density at radius 1 is 1.24 bits per heavy atom. The number of ether oxygens (including phenoxy) is 2. The molecule has 2 heterocycles. The number of anilines is 2. The molecule has 9 heteroatoms. The molecule has 0 unspecified atom stereocenters. The number of nitrogens with one attached hydrogen (secondary N) is 1. The van der Waals surface area contributed by atoms with Crippen LogP contribution in [0.25, 0.3) is 10.9 Å². The SMILES string of the molecule is [2H]c1nc2c([2H])c(OC([2H])([2H])C([2H])([2H])[2H])c(CC(=O)/C=C/CN(C)C)c([2H])c2c(Nc2c([2H])c([2H])c(OCc3nc(C)c([2H])c([2H])c3[2H])c(Cl)c2[2H])c1C#N. The number of fused-ring (bicyclic) bond motifs is 1. The average Bonchev–Trinajstić information content (AvgIpc) is 3.09. The molecule has 210 valence electrons. The highest BCUT2D eigenvalue weighted by Gasteiger charge is 2.16. The van der Waals surface area contributed by atoms with E-state index in [1.165, 1.54) is 19.1 Å². The van der Waals surface area contributed by atoms with Gasteiger partial charge in [-0.3, -0.25) is 14.8 Å². The van der Waals surface area contributed by atoms with Gasteiger partial charge in [-0.2, -0.15) is 5.26 Å². The van der Waals surface area contributed by atoms with Crippen LogP contribution in [0.4, 0.5) is 11.4 Å². The maximum atomic E-state index is 13.1. The van der Waals surface area contributed by atoms with Gasteiger partial charge >= 0.3 is 0 Å². The van der Waals surface area contributed by atoms with Gasteiger partial charge in [-0.25, -0.2) is 0 Å². The Bertz CT molecular complexity index is 2270. The first-order valence-corrected chi connectivity index (χ1v) is 12.3. The highest BCUT2D eigenvalue weighted by Crippen LogP contribution is 2.36. The summed E-state index contributed by atoms with van der Waals surface area (Å²) in [5.74, 6) is -1.97. The van der Waals surface area contributed by atoms with Crippen molar-refractivity contribution < 1.29 is 33.5 Å². The number of halogens is 1. The van der Waals surface area contributed by atoms with E-state index < -0.39 is 131 Å². The van der Waals surface area contributed by atoms with Crippen LogP contribution in [0.1, 0.15) is 48.6 Å². The van der Waals surface area contributed by atoms with Gasteiger partial charge in [-0.1, -0.05) is 23.7 Å². The summed E-state index contributed by atoms with van der Waals surface area (Å²) in [5, 5.41) is 11.8. The molecule has 0 saturated heterocycles. The van der Waals surface area contributed by atoms with Crippen LogP contribution < -0.4 is 14.8 Å². The number of aryl methyl sites for hydroxylation is 1. The van der Waals surface area contributed by atoms with E-state index in [0.29, 0.717) is 6.54 Å². The number of carbonyl (C=O) groups excluding carboxylic acids is 1. The zero-order valence-corrected chi connectivity index (χ0v) is 22.9. The molecule has 0 fully saturated rings. The van der Waals surface area contributed by atoms with Gasteiger partial charge < -0.3 is 19.7 Å². The molecule has 0 aliphatic rings. The molecule has 0 amide bonds. The fraction of sp³-hybridized carbons (Fsp3) is 0.250. The number of nitriles is 1. The van der Waals surface area contributed by atoms with Gasteiger partial charge in [-0.15, -0.1) is 0 Å². The Morgan fingerprint density at radius 2 is 2.10 bits per heavy atom. The number of pyridine rings is 2. The standard InChI is InChI=1S/C32H32ClN5O3/c1-5-40-31-17-29-27(15-22(31)14-26(39)10-7-13-38(3)4)32(23(18-34)19-35-29)37-24-11-12-30(28(33)16-24)41-20-25-9-6-8-21(2)36-25/h6-12,15-17,19H,5,13-14,20H2,1-4H3,(H,35,37)/b10-7+/i1D3,5D2,6D,8D,9D,11D,12D,15D,16D,17D,19D. The second-order valence-corrected chi connectivity index (χ2v) is 9.08. The van der Waals surface area contributed by atoms with Crippen LogP contribution in [0.2, 0.25) is 5.02 Å². The Morgan fingerprint density at radius 3 is 2.88 bits per heavy atom. The summed E-state index contributed by atoms with van der Waals surface area (Å²) in [6.45, 7) is -5.57. The smallest absolute Gasteiger partial charge is 0.159 e. The Kier molecular flexibility index (Phi) is 5.40. The number of nitrogens with zero attached hydrogens (tertiary/aromatic N) is 4. The third kappa shape index (κ3) is 7.82. The second-order valence-electron chi connectivity index (χ2n) is 8.70. The number of aromatic nitrogens is 2. The molecule has 41 heavy (non-hydrogen) atoms. The number of benzene rings is 2. The predicted octanol–water partition coefficient (Wildman–Crippen LogP) is 6.41. The van der Waals surface area contributed by atoms with Crippen molar-refractivity contribution in [2.75, 3.05) is 32.5 Å². The van der Waals surface area contributed by atoms with Gasteiger partial charge in [0.25, 0.3) is 0 Å². The topological polar surface area (TPSA) is 100 Å². The lowest BCUT2D eigenvalue weighted by atomic mass is 10.0. The average molecular weight is 584 g/mol. The van der Waals surface area contributed by atoms with Crippen LogP contribution in [0.5, 0.6) is 11.5 Å². The van der Waals surface area contributed by atoms with Crippen LogP contribution >= 0.6 is 11.6 Å². The molecule has 0 aliphatic carbocycles. The largest absolute Gasteiger partial charge is 0.494 e. The molecule has 4 aromatic rings. The number of ketones is 1. The lowest BCUT2D eigenvalue weighted by Crippen LogP contribution is -2.11. The van der Waals surface area contributed by atoms with E-state index in [9.17, 15) is 10.1 Å². The number of rotatable bonds is 12. The van der Waals surface area contributed by atoms with Crippen molar-refractivity contribution in [2.45, 2.75) is 26.8 Å². The number of likely N-dealkylation sites (N-methyl/N-ethyl adjacent to an activating group) is 1. The van der Waals surface area contributed by atoms with E-state index in [0.717, 1.165) is 0 Å². The normalized spacial score (nSPS) is 16.7. The van der Waals surface area contributed by atoms with Crippen LogP contribution in [0.3, 0.4) is 0 Å². The molecule has 0 spiro atoms. The minimum absolute atomic E-state index is 0.0777. The van der Waals surface area contributed by atoms with Gasteiger partial charge in [0.05, 0.1) is 49.1 Å². The predicted molar refractivity (Wildman–Crippen MR) is 162 cm³/mol. The fourth-order valence-electron chi connectivity index (χ4n) is 3.49. The number of carbonyl (C=O) groups is 1. The van der Waals surface area contributed by atoms with Crippen molar-refractivity contribution in [2.24, 2.45) is 0 Å². The maximum absolute atomic E-state index is 13.1. The summed E-state index contributed by atoms with van der Waals surface area (Å²) in [4.78, 5) is 22.9. The van der Waals surface area contributed by atoms with Crippen LogP contribution in [0.15, 0.2) is 66.7 Å². The van der Waals surface area contributed by atoms with Crippen molar-refractivity contribution >= 4 is 39.7 Å². The van der Waals surface area contributed by atoms with Crippen molar-refractivity contribution in [1.29, 1.82) is 5.26 Å². The molecule has 1 N–H and O–H groups in total. The lowest BCUT2D eigenvalue weighted by molar-refractivity contribution is -0.114. The Hall–Kier alpha value is -4.45. The zero-order valence-electron chi connectivity index (χ0n) is 36.2. The van der Waals surface area contributed by atoms with Crippen molar-refractivity contribution in [1.82, 2.24) is 14.9 Å². The third-order valence-electron chi connectivity index (χ3n) is 5.28. The van der Waals surface area contributed by atoms with Gasteiger partial charge in [0.2, 0.25) is 0 Å². The van der Waals surface area contributed by atoms with E-state index in [4.69, 9.17) is 40.3 Å². The van der Waals surface area contributed by atoms with Gasteiger partial charge in [0, 0.05) is 51.6 Å². The third-order valence-corrected chi connectivity index (χ3v) is 5.55. The summed E-state index contributed by atoms with van der Waals surface area (Å²) in [6.07, 6.45) is 1.15. The van der Waals surface area contributed by atoms with Crippen LogP contribution in [-0.2, 0) is 17.8 Å². The first kappa shape index (κ1) is 16.1. The van der Waals surface area contributed by atoms with Gasteiger partial charge in [-0.05, 0) is 70.2 Å². The molecule has 2 aromatic carbocycles. The summed E-state index contributed by atoms with van der Waals surface area (Å²) in [5.41, 5.74) is -2.54. The fourth-order valence-corrected chi connectivity index (χ4v) is 3.68. The summed E-state index contributed by atoms with van der Waals surface area (Å²) < 4.78 is 126. The lowest BCUT2D eigenvalue weighted by Gasteiger charge is -2.16. The quantitative estimate of drug-likeness (QED) is 0.191. The van der Waals surface area contributed by atoms with E-state index >= 15 is 0 Å². The minimum atomic E-state index is -3.43. The Balaban J connectivity index is 1.95. The van der Waals surface area contributed by atoms with Crippen molar-refractivity contribution in [3.8, 4) is 17.6 Å². The van der Waals surface area contributed by atoms with E-state index in [1.54, 1.807) is 25.1 Å². The summed E-state index contributed by atoms with van der Waals surface area (Å²) in [6, 6.07) is -2.96. The van der Waals surface area contributed by atoms with Crippen molar-refractivity contribution in [3.05, 3.63) is 94.2 Å². The number of hydrogen-bond donors (Lipinski definition) is 1. The number of allylic oxidation sites excluding steroid dienone is 1. The molecule has 0 radical (unpaired) electrons. The molecule has 0 aliphatic heterocycles. The molecule has 4 rings (SSSR count). The van der Waals surface area contributed by atoms with E-state index in [-0.39, 0.29) is 17.4 Å². The van der Waals surface area contributed by atoms with Crippen LogP contribution in [-0.4, -0.2) is 47.9 Å². The molecule has 0 atom stereocenters.